The highest BCUT2D eigenvalue weighted by Gasteiger charge is 2.16. The molecular formula is C8H6ClFO4S. The molecule has 0 atom stereocenters. The van der Waals surface area contributed by atoms with E-state index < -0.39 is 25.7 Å². The fourth-order valence-corrected chi connectivity index (χ4v) is 1.73. The van der Waals surface area contributed by atoms with Crippen LogP contribution in [0, 0.1) is 5.82 Å². The lowest BCUT2D eigenvalue weighted by atomic mass is 10.2. The number of carbonyl (C=O) groups excluding carboxylic acids is 1. The molecule has 0 fully saturated rings. The van der Waals surface area contributed by atoms with Gasteiger partial charge in [-0.05, 0) is 18.2 Å². The first-order valence-electron chi connectivity index (χ1n) is 3.68. The molecule has 0 radical (unpaired) electrons. The van der Waals surface area contributed by atoms with Crippen molar-refractivity contribution in [2.45, 2.75) is 4.90 Å². The minimum Gasteiger partial charge on any atom is -0.465 e. The van der Waals surface area contributed by atoms with Crippen LogP contribution in [0.3, 0.4) is 0 Å². The van der Waals surface area contributed by atoms with Gasteiger partial charge in [0.15, 0.2) is 0 Å². The van der Waals surface area contributed by atoms with E-state index >= 15 is 0 Å². The van der Waals surface area contributed by atoms with Crippen LogP contribution < -0.4 is 0 Å². The second-order valence-electron chi connectivity index (χ2n) is 2.61. The van der Waals surface area contributed by atoms with E-state index in [1.165, 1.54) is 0 Å². The molecule has 0 bridgehead atoms. The van der Waals surface area contributed by atoms with Crippen LogP contribution in [0.25, 0.3) is 0 Å². The quantitative estimate of drug-likeness (QED) is 0.592. The fourth-order valence-electron chi connectivity index (χ4n) is 0.939. The number of ether oxygens (including phenoxy) is 1. The number of hydrogen-bond acceptors (Lipinski definition) is 4. The molecule has 82 valence electrons. The molecule has 0 spiro atoms. The number of methoxy groups -OCH3 is 1. The van der Waals surface area contributed by atoms with Gasteiger partial charge in [-0.25, -0.2) is 17.6 Å². The molecule has 0 amide bonds. The summed E-state index contributed by atoms with van der Waals surface area (Å²) in [7, 11) is 2.04. The Kier molecular flexibility index (Phi) is 3.31. The molecule has 7 heteroatoms. The molecule has 1 aromatic carbocycles. The highest BCUT2D eigenvalue weighted by Crippen LogP contribution is 2.18. The van der Waals surface area contributed by atoms with Gasteiger partial charge in [-0.15, -0.1) is 0 Å². The van der Waals surface area contributed by atoms with E-state index in [2.05, 4.69) is 4.74 Å². The zero-order valence-corrected chi connectivity index (χ0v) is 9.10. The summed E-state index contributed by atoms with van der Waals surface area (Å²) in [5, 5.41) is 0. The van der Waals surface area contributed by atoms with Gasteiger partial charge in [0.2, 0.25) is 0 Å². The van der Waals surface area contributed by atoms with Crippen molar-refractivity contribution in [3.05, 3.63) is 29.6 Å². The van der Waals surface area contributed by atoms with Gasteiger partial charge in [0.1, 0.15) is 5.82 Å². The molecule has 15 heavy (non-hydrogen) atoms. The minimum absolute atomic E-state index is 0.211. The second kappa shape index (κ2) is 4.16. The molecule has 0 unspecified atom stereocenters. The Bertz CT molecular complexity index is 497. The minimum atomic E-state index is -4.07. The first kappa shape index (κ1) is 11.9. The Labute approximate surface area is 90.0 Å². The third-order valence-corrected chi connectivity index (χ3v) is 2.91. The Morgan fingerprint density at radius 1 is 1.40 bits per heavy atom. The lowest BCUT2D eigenvalue weighted by Crippen LogP contribution is -2.04. The zero-order valence-electron chi connectivity index (χ0n) is 7.53. The van der Waals surface area contributed by atoms with Gasteiger partial charge in [0.25, 0.3) is 9.05 Å². The molecule has 0 saturated carbocycles. The molecule has 0 N–H and O–H groups in total. The summed E-state index contributed by atoms with van der Waals surface area (Å²) < 4.78 is 39.0. The molecular weight excluding hydrogens is 247 g/mol. The molecule has 0 aromatic heterocycles. The van der Waals surface area contributed by atoms with Crippen molar-refractivity contribution in [2.75, 3.05) is 7.11 Å². The molecule has 0 heterocycles. The predicted octanol–water partition coefficient (Wildman–Crippen LogP) is 1.54. The van der Waals surface area contributed by atoms with E-state index in [0.29, 0.717) is 0 Å². The number of benzene rings is 1. The summed E-state index contributed by atoms with van der Waals surface area (Å²) >= 11 is 0. The summed E-state index contributed by atoms with van der Waals surface area (Å²) in [6.45, 7) is 0. The lowest BCUT2D eigenvalue weighted by molar-refractivity contribution is 0.0600. The van der Waals surface area contributed by atoms with E-state index in [-0.39, 0.29) is 5.56 Å². The van der Waals surface area contributed by atoms with Crippen molar-refractivity contribution >= 4 is 25.7 Å². The van der Waals surface area contributed by atoms with E-state index in [4.69, 9.17) is 10.7 Å². The van der Waals surface area contributed by atoms with Crippen molar-refractivity contribution in [1.29, 1.82) is 0 Å². The van der Waals surface area contributed by atoms with Gasteiger partial charge in [-0.3, -0.25) is 0 Å². The lowest BCUT2D eigenvalue weighted by Gasteiger charge is -2.01. The fraction of sp³-hybridized carbons (Fsp3) is 0.125. The summed E-state index contributed by atoms with van der Waals surface area (Å²) in [5.74, 6) is -1.71. The average Bonchev–Trinajstić information content (AvgIpc) is 2.14. The number of esters is 1. The van der Waals surface area contributed by atoms with E-state index in [0.717, 1.165) is 25.3 Å². The van der Waals surface area contributed by atoms with E-state index in [1.54, 1.807) is 0 Å². The Balaban J connectivity index is 3.35. The Hall–Kier alpha value is -1.14. The third-order valence-electron chi connectivity index (χ3n) is 1.57. The molecule has 0 saturated heterocycles. The van der Waals surface area contributed by atoms with E-state index in [9.17, 15) is 17.6 Å². The van der Waals surface area contributed by atoms with Gasteiger partial charge < -0.3 is 4.74 Å². The van der Waals surface area contributed by atoms with Crippen molar-refractivity contribution in [1.82, 2.24) is 0 Å². The summed E-state index contributed by atoms with van der Waals surface area (Å²) in [5.41, 5.74) is -0.211. The smallest absolute Gasteiger partial charge is 0.337 e. The molecule has 1 aromatic rings. The van der Waals surface area contributed by atoms with Crippen molar-refractivity contribution in [2.24, 2.45) is 0 Å². The standard InChI is InChI=1S/C8H6ClFO4S/c1-14-8(11)5-2-6(10)4-7(3-5)15(9,12)13/h2-4H,1H3. The van der Waals surface area contributed by atoms with Gasteiger partial charge in [0.05, 0.1) is 17.6 Å². The number of halogens is 2. The van der Waals surface area contributed by atoms with Crippen LogP contribution in [-0.2, 0) is 13.8 Å². The number of rotatable bonds is 2. The maximum Gasteiger partial charge on any atom is 0.337 e. The maximum atomic E-state index is 12.9. The second-order valence-corrected chi connectivity index (χ2v) is 5.17. The van der Waals surface area contributed by atoms with Crippen LogP contribution in [0.1, 0.15) is 10.4 Å². The summed E-state index contributed by atoms with van der Waals surface area (Å²) in [6.07, 6.45) is 0. The third kappa shape index (κ3) is 2.90. The van der Waals surface area contributed by atoms with Gasteiger partial charge in [-0.2, -0.15) is 0 Å². The average molecular weight is 253 g/mol. The summed E-state index contributed by atoms with van der Waals surface area (Å²) in [4.78, 5) is 10.5. The van der Waals surface area contributed by atoms with Crippen molar-refractivity contribution in [3.63, 3.8) is 0 Å². The molecule has 4 nitrogen and oxygen atoms in total. The first-order chi connectivity index (χ1) is 6.84. The van der Waals surface area contributed by atoms with Gasteiger partial charge in [-0.1, -0.05) is 0 Å². The van der Waals surface area contributed by atoms with Crippen LogP contribution >= 0.6 is 10.7 Å². The molecule has 0 aliphatic heterocycles. The number of hydrogen-bond donors (Lipinski definition) is 0. The van der Waals surface area contributed by atoms with Crippen molar-refractivity contribution < 1.29 is 22.3 Å². The maximum absolute atomic E-state index is 12.9. The van der Waals surface area contributed by atoms with Crippen LogP contribution in [0.4, 0.5) is 4.39 Å². The molecule has 0 aliphatic rings. The van der Waals surface area contributed by atoms with Gasteiger partial charge >= 0.3 is 5.97 Å². The zero-order chi connectivity index (χ0) is 11.6. The summed E-state index contributed by atoms with van der Waals surface area (Å²) in [6, 6.07) is 2.52. The normalized spacial score (nSPS) is 11.1. The highest BCUT2D eigenvalue weighted by molar-refractivity contribution is 8.13. The van der Waals surface area contributed by atoms with Crippen LogP contribution in [0.2, 0.25) is 0 Å². The van der Waals surface area contributed by atoms with Crippen LogP contribution in [0.5, 0.6) is 0 Å². The van der Waals surface area contributed by atoms with Crippen LogP contribution in [0.15, 0.2) is 23.1 Å². The Morgan fingerprint density at radius 2 is 2.00 bits per heavy atom. The SMILES string of the molecule is COC(=O)c1cc(F)cc(S(=O)(=O)Cl)c1. The Morgan fingerprint density at radius 3 is 2.47 bits per heavy atom. The largest absolute Gasteiger partial charge is 0.465 e. The van der Waals surface area contributed by atoms with Crippen LogP contribution in [-0.4, -0.2) is 21.5 Å². The predicted molar refractivity (Wildman–Crippen MR) is 50.8 cm³/mol. The number of carbonyl (C=O) groups is 1. The molecule has 0 aliphatic carbocycles. The van der Waals surface area contributed by atoms with Crippen molar-refractivity contribution in [3.8, 4) is 0 Å². The first-order valence-corrected chi connectivity index (χ1v) is 5.99. The van der Waals surface area contributed by atoms with Gasteiger partial charge in [0, 0.05) is 10.7 Å². The highest BCUT2D eigenvalue weighted by atomic mass is 35.7. The molecule has 1 rings (SSSR count). The monoisotopic (exact) mass is 252 g/mol. The topological polar surface area (TPSA) is 60.4 Å². The van der Waals surface area contributed by atoms with E-state index in [1.807, 2.05) is 0 Å².